The maximum absolute atomic E-state index is 11.6. The number of ether oxygens (including phenoxy) is 1. The van der Waals surface area contributed by atoms with E-state index < -0.39 is 0 Å². The molecular formula is C14H19NO3. The third-order valence-electron chi connectivity index (χ3n) is 3.23. The molecule has 1 aromatic carbocycles. The molecule has 4 nitrogen and oxygen atoms in total. The molecule has 0 saturated heterocycles. The number of carbonyl (C=O) groups excluding carboxylic acids is 1. The van der Waals surface area contributed by atoms with Crippen LogP contribution in [0.5, 0.6) is 5.75 Å². The molecule has 1 saturated carbocycles. The van der Waals surface area contributed by atoms with Gasteiger partial charge in [-0.3, -0.25) is 4.79 Å². The maximum Gasteiger partial charge on any atom is 0.258 e. The average Bonchev–Trinajstić information content (AvgIpc) is 2.26. The average molecular weight is 249 g/mol. The van der Waals surface area contributed by atoms with Crippen molar-refractivity contribution in [2.75, 3.05) is 6.61 Å². The van der Waals surface area contributed by atoms with Crippen molar-refractivity contribution in [2.24, 2.45) is 0 Å². The molecule has 1 amide bonds. The van der Waals surface area contributed by atoms with Crippen molar-refractivity contribution in [3.8, 4) is 5.75 Å². The van der Waals surface area contributed by atoms with Gasteiger partial charge in [0.05, 0.1) is 6.10 Å². The lowest BCUT2D eigenvalue weighted by atomic mass is 9.89. The van der Waals surface area contributed by atoms with Gasteiger partial charge in [0, 0.05) is 6.04 Å². The van der Waals surface area contributed by atoms with E-state index in [9.17, 15) is 4.79 Å². The summed E-state index contributed by atoms with van der Waals surface area (Å²) in [5.74, 6) is 0.649. The summed E-state index contributed by atoms with van der Waals surface area (Å²) in [6.07, 6.45) is 1.04. The molecule has 0 spiro atoms. The van der Waals surface area contributed by atoms with Crippen molar-refractivity contribution in [2.45, 2.75) is 38.8 Å². The molecule has 1 fully saturated rings. The Morgan fingerprint density at radius 2 is 2.00 bits per heavy atom. The van der Waals surface area contributed by atoms with E-state index >= 15 is 0 Å². The minimum atomic E-state index is -0.255. The topological polar surface area (TPSA) is 58.6 Å². The number of aliphatic hydroxyl groups excluding tert-OH is 1. The van der Waals surface area contributed by atoms with Gasteiger partial charge in [0.2, 0.25) is 0 Å². The first-order valence-corrected chi connectivity index (χ1v) is 6.22. The number of hydrogen-bond donors (Lipinski definition) is 2. The monoisotopic (exact) mass is 249 g/mol. The van der Waals surface area contributed by atoms with Gasteiger partial charge >= 0.3 is 0 Å². The molecule has 1 aliphatic carbocycles. The number of para-hydroxylation sites is 1. The van der Waals surface area contributed by atoms with E-state index in [1.54, 1.807) is 0 Å². The highest BCUT2D eigenvalue weighted by atomic mass is 16.5. The van der Waals surface area contributed by atoms with Crippen molar-refractivity contribution in [1.82, 2.24) is 5.32 Å². The van der Waals surface area contributed by atoms with Crippen molar-refractivity contribution < 1.29 is 14.6 Å². The lowest BCUT2D eigenvalue weighted by Gasteiger charge is -2.31. The third-order valence-corrected chi connectivity index (χ3v) is 3.23. The Hall–Kier alpha value is -1.55. The number of aliphatic hydroxyl groups is 1. The van der Waals surface area contributed by atoms with E-state index in [2.05, 4.69) is 5.32 Å². The molecule has 0 aromatic heterocycles. The van der Waals surface area contributed by atoms with Crippen molar-refractivity contribution in [1.29, 1.82) is 0 Å². The van der Waals surface area contributed by atoms with E-state index in [-0.39, 0.29) is 24.7 Å². The van der Waals surface area contributed by atoms with Gasteiger partial charge in [0.15, 0.2) is 6.61 Å². The van der Waals surface area contributed by atoms with Crippen LogP contribution in [0.2, 0.25) is 0 Å². The lowest BCUT2D eigenvalue weighted by Crippen LogP contribution is -2.48. The van der Waals surface area contributed by atoms with Crippen molar-refractivity contribution >= 4 is 5.91 Å². The Kier molecular flexibility index (Phi) is 3.87. The fourth-order valence-electron chi connectivity index (χ4n) is 2.14. The summed E-state index contributed by atoms with van der Waals surface area (Å²) in [4.78, 5) is 11.6. The fraction of sp³-hybridized carbons (Fsp3) is 0.500. The van der Waals surface area contributed by atoms with Crippen LogP contribution in [0.15, 0.2) is 18.2 Å². The number of rotatable bonds is 4. The molecule has 0 bridgehead atoms. The SMILES string of the molecule is Cc1cccc(C)c1OCC(=O)NC1CC(O)C1. The summed E-state index contributed by atoms with van der Waals surface area (Å²) in [5, 5.41) is 12.0. The molecule has 98 valence electrons. The highest BCUT2D eigenvalue weighted by Crippen LogP contribution is 2.22. The quantitative estimate of drug-likeness (QED) is 0.846. The molecule has 18 heavy (non-hydrogen) atoms. The number of carbonyl (C=O) groups is 1. The summed E-state index contributed by atoms with van der Waals surface area (Å²) in [6.45, 7) is 3.95. The van der Waals surface area contributed by atoms with Gasteiger partial charge < -0.3 is 15.2 Å². The third kappa shape index (κ3) is 3.01. The zero-order valence-electron chi connectivity index (χ0n) is 10.8. The molecular weight excluding hydrogens is 230 g/mol. The molecule has 4 heteroatoms. The van der Waals surface area contributed by atoms with E-state index in [0.717, 1.165) is 16.9 Å². The second kappa shape index (κ2) is 5.40. The summed E-state index contributed by atoms with van der Waals surface area (Å²) in [6, 6.07) is 5.99. The van der Waals surface area contributed by atoms with Gasteiger partial charge in [-0.05, 0) is 37.8 Å². The van der Waals surface area contributed by atoms with Gasteiger partial charge in [0.1, 0.15) is 5.75 Å². The van der Waals surface area contributed by atoms with Crippen LogP contribution in [-0.4, -0.2) is 29.8 Å². The van der Waals surface area contributed by atoms with Gasteiger partial charge in [-0.15, -0.1) is 0 Å². The first-order valence-electron chi connectivity index (χ1n) is 6.22. The molecule has 0 radical (unpaired) electrons. The van der Waals surface area contributed by atoms with Crippen molar-refractivity contribution in [3.05, 3.63) is 29.3 Å². The Labute approximate surface area is 107 Å². The number of benzene rings is 1. The van der Waals surface area contributed by atoms with E-state index in [0.29, 0.717) is 12.8 Å². The zero-order chi connectivity index (χ0) is 13.1. The minimum absolute atomic E-state index is 0.0261. The van der Waals surface area contributed by atoms with Gasteiger partial charge in [-0.1, -0.05) is 18.2 Å². The summed E-state index contributed by atoms with van der Waals surface area (Å²) in [7, 11) is 0. The second-order valence-corrected chi connectivity index (χ2v) is 4.90. The van der Waals surface area contributed by atoms with Crippen molar-refractivity contribution in [3.63, 3.8) is 0 Å². The smallest absolute Gasteiger partial charge is 0.258 e. The maximum atomic E-state index is 11.6. The second-order valence-electron chi connectivity index (χ2n) is 4.90. The predicted molar refractivity (Wildman–Crippen MR) is 68.6 cm³/mol. The first kappa shape index (κ1) is 12.9. The predicted octanol–water partition coefficient (Wildman–Crippen LogP) is 1.32. The van der Waals surface area contributed by atoms with Crippen LogP contribution in [0.1, 0.15) is 24.0 Å². The van der Waals surface area contributed by atoms with Crippen LogP contribution >= 0.6 is 0 Å². The fourth-order valence-corrected chi connectivity index (χ4v) is 2.14. The molecule has 0 heterocycles. The van der Waals surface area contributed by atoms with Gasteiger partial charge in [-0.25, -0.2) is 0 Å². The van der Waals surface area contributed by atoms with Crippen LogP contribution in [0.4, 0.5) is 0 Å². The highest BCUT2D eigenvalue weighted by Gasteiger charge is 2.28. The summed E-state index contributed by atoms with van der Waals surface area (Å²) < 4.78 is 5.55. The van der Waals surface area contributed by atoms with Crippen LogP contribution in [0.25, 0.3) is 0 Å². The van der Waals surface area contributed by atoms with E-state index in [1.807, 2.05) is 32.0 Å². The molecule has 0 atom stereocenters. The molecule has 2 N–H and O–H groups in total. The van der Waals surface area contributed by atoms with Gasteiger partial charge in [0.25, 0.3) is 5.91 Å². The molecule has 1 aromatic rings. The molecule has 1 aliphatic rings. The normalized spacial score (nSPS) is 22.2. The number of amides is 1. The first-order chi connectivity index (χ1) is 8.56. The molecule has 2 rings (SSSR count). The largest absolute Gasteiger partial charge is 0.483 e. The number of hydrogen-bond acceptors (Lipinski definition) is 3. The highest BCUT2D eigenvalue weighted by molar-refractivity contribution is 5.78. The standard InChI is InChI=1S/C14H19NO3/c1-9-4-3-5-10(2)14(9)18-8-13(17)15-11-6-12(16)7-11/h3-5,11-12,16H,6-8H2,1-2H3,(H,15,17). The Balaban J connectivity index is 1.82. The summed E-state index contributed by atoms with van der Waals surface area (Å²) in [5.41, 5.74) is 2.06. The van der Waals surface area contributed by atoms with Gasteiger partial charge in [-0.2, -0.15) is 0 Å². The molecule has 0 unspecified atom stereocenters. The lowest BCUT2D eigenvalue weighted by molar-refractivity contribution is -0.125. The van der Waals surface area contributed by atoms with E-state index in [1.165, 1.54) is 0 Å². The Morgan fingerprint density at radius 3 is 2.56 bits per heavy atom. The van der Waals surface area contributed by atoms with Crippen LogP contribution in [0, 0.1) is 13.8 Å². The van der Waals surface area contributed by atoms with E-state index in [4.69, 9.17) is 9.84 Å². The minimum Gasteiger partial charge on any atom is -0.483 e. The summed E-state index contributed by atoms with van der Waals surface area (Å²) >= 11 is 0. The Bertz CT molecular complexity index is 418. The van der Waals surface area contributed by atoms with Crippen LogP contribution in [0.3, 0.4) is 0 Å². The number of nitrogens with one attached hydrogen (secondary N) is 1. The van der Waals surface area contributed by atoms with Crippen LogP contribution < -0.4 is 10.1 Å². The zero-order valence-corrected chi connectivity index (χ0v) is 10.8. The number of aryl methyl sites for hydroxylation is 2. The molecule has 0 aliphatic heterocycles. The Morgan fingerprint density at radius 1 is 1.39 bits per heavy atom. The van der Waals surface area contributed by atoms with Crippen LogP contribution in [-0.2, 0) is 4.79 Å².